The summed E-state index contributed by atoms with van der Waals surface area (Å²) in [4.78, 5) is 18.5. The van der Waals surface area contributed by atoms with Crippen LogP contribution >= 0.6 is 11.3 Å². The number of piperidine rings is 1. The molecule has 2 N–H and O–H groups in total. The predicted octanol–water partition coefficient (Wildman–Crippen LogP) is 3.18. The van der Waals surface area contributed by atoms with E-state index in [1.54, 1.807) is 29.5 Å². The first-order valence-electron chi connectivity index (χ1n) is 8.95. The highest BCUT2D eigenvalue weighted by atomic mass is 32.1. The van der Waals surface area contributed by atoms with Gasteiger partial charge in [0.2, 0.25) is 0 Å². The van der Waals surface area contributed by atoms with Crippen molar-refractivity contribution in [2.75, 3.05) is 18.4 Å². The number of hydrogen-bond acceptors (Lipinski definition) is 3. The van der Waals surface area contributed by atoms with Crippen molar-refractivity contribution in [3.8, 4) is 0 Å². The van der Waals surface area contributed by atoms with Crippen molar-refractivity contribution >= 4 is 33.1 Å². The van der Waals surface area contributed by atoms with Gasteiger partial charge in [-0.3, -0.25) is 4.79 Å². The number of hydrogen-bond donors (Lipinski definition) is 2. The Morgan fingerprint density at radius 2 is 2.00 bits per heavy atom. The van der Waals surface area contributed by atoms with Gasteiger partial charge in [0.05, 0.1) is 22.4 Å². The topological polar surface area (TPSA) is 46.4 Å². The number of likely N-dealkylation sites (tertiary alicyclic amines) is 1. The van der Waals surface area contributed by atoms with Gasteiger partial charge in [-0.2, -0.15) is 0 Å². The zero-order valence-electron chi connectivity index (χ0n) is 14.4. The van der Waals surface area contributed by atoms with E-state index >= 15 is 0 Å². The van der Waals surface area contributed by atoms with Gasteiger partial charge in [-0.15, -0.1) is 11.3 Å². The molecule has 2 aromatic carbocycles. The van der Waals surface area contributed by atoms with E-state index in [1.165, 1.54) is 15.7 Å². The molecule has 0 spiro atoms. The van der Waals surface area contributed by atoms with E-state index in [2.05, 4.69) is 11.4 Å². The molecule has 4 rings (SSSR count). The number of nitrogens with one attached hydrogen (secondary N) is 2. The molecule has 1 fully saturated rings. The van der Waals surface area contributed by atoms with Gasteiger partial charge < -0.3 is 10.2 Å². The third kappa shape index (κ3) is 3.61. The molecule has 1 aliphatic rings. The third-order valence-corrected chi connectivity index (χ3v) is 6.03. The number of nitrogens with zero attached hydrogens (tertiary/aromatic N) is 1. The Kier molecular flexibility index (Phi) is 4.95. The van der Waals surface area contributed by atoms with Crippen LogP contribution in [0.1, 0.15) is 30.3 Å². The highest BCUT2D eigenvalue weighted by Gasteiger charge is 2.32. The number of benzene rings is 2. The number of thiazole rings is 1. The van der Waals surface area contributed by atoms with Crippen molar-refractivity contribution in [3.05, 3.63) is 59.4 Å². The smallest absolute Gasteiger partial charge is 0.279 e. The van der Waals surface area contributed by atoms with Crippen molar-refractivity contribution in [3.63, 3.8) is 0 Å². The number of carbonyl (C=O) groups is 1. The molecule has 6 heteroatoms. The summed E-state index contributed by atoms with van der Waals surface area (Å²) in [5.74, 6) is -0.560. The minimum Gasteiger partial charge on any atom is -0.319 e. The van der Waals surface area contributed by atoms with Crippen molar-refractivity contribution in [2.24, 2.45) is 0 Å². The average molecular weight is 370 g/mol. The first-order valence-corrected chi connectivity index (χ1v) is 9.77. The number of amides is 1. The van der Waals surface area contributed by atoms with Crippen LogP contribution in [0.4, 0.5) is 10.1 Å². The molecule has 4 nitrogen and oxygen atoms in total. The SMILES string of the molecule is O=C(C[NH+]1CCCC[C@@H]1c1nc2ccccc2s1)Nc1ccccc1F. The number of anilines is 1. The summed E-state index contributed by atoms with van der Waals surface area (Å²) in [5, 5.41) is 3.80. The van der Waals surface area contributed by atoms with Crippen LogP contribution in [-0.4, -0.2) is 24.0 Å². The Bertz CT molecular complexity index is 893. The Morgan fingerprint density at radius 3 is 2.85 bits per heavy atom. The first-order chi connectivity index (χ1) is 12.7. The minimum absolute atomic E-state index is 0.155. The van der Waals surface area contributed by atoms with Crippen LogP contribution in [0, 0.1) is 5.82 Å². The van der Waals surface area contributed by atoms with E-state index < -0.39 is 5.82 Å². The van der Waals surface area contributed by atoms with E-state index in [0.717, 1.165) is 36.3 Å². The second kappa shape index (κ2) is 7.51. The van der Waals surface area contributed by atoms with E-state index in [1.807, 2.05) is 18.2 Å². The summed E-state index contributed by atoms with van der Waals surface area (Å²) < 4.78 is 14.9. The van der Waals surface area contributed by atoms with Crippen molar-refractivity contribution in [1.82, 2.24) is 4.98 Å². The van der Waals surface area contributed by atoms with Gasteiger partial charge in [-0.25, -0.2) is 9.37 Å². The van der Waals surface area contributed by atoms with Gasteiger partial charge in [0.25, 0.3) is 5.91 Å². The van der Waals surface area contributed by atoms with Crippen molar-refractivity contribution in [2.45, 2.75) is 25.3 Å². The Hall–Kier alpha value is -2.31. The normalized spacial score (nSPS) is 20.2. The molecule has 1 amide bonds. The molecule has 0 saturated carbocycles. The van der Waals surface area contributed by atoms with Gasteiger partial charge in [0, 0.05) is 6.42 Å². The second-order valence-electron chi connectivity index (χ2n) is 6.68. The third-order valence-electron chi connectivity index (χ3n) is 4.88. The predicted molar refractivity (Wildman–Crippen MR) is 102 cm³/mol. The van der Waals surface area contributed by atoms with Crippen LogP contribution < -0.4 is 10.2 Å². The standard InChI is InChI=1S/C20H20FN3OS/c21-14-7-1-2-8-15(14)22-19(25)13-24-12-6-5-10-17(24)20-23-16-9-3-4-11-18(16)26-20/h1-4,7-9,11,17H,5-6,10,12-13H2,(H,22,25)/p+1/t17-/m1/s1. The Labute approximate surface area is 155 Å². The zero-order chi connectivity index (χ0) is 17.9. The zero-order valence-corrected chi connectivity index (χ0v) is 15.2. The summed E-state index contributed by atoms with van der Waals surface area (Å²) in [6.45, 7) is 1.26. The fourth-order valence-corrected chi connectivity index (χ4v) is 4.75. The maximum Gasteiger partial charge on any atom is 0.279 e. The highest BCUT2D eigenvalue weighted by molar-refractivity contribution is 7.18. The molecular formula is C20H21FN3OS+. The number of para-hydroxylation sites is 2. The summed E-state index contributed by atoms with van der Waals surface area (Å²) >= 11 is 1.72. The molecule has 134 valence electrons. The molecular weight excluding hydrogens is 349 g/mol. The largest absolute Gasteiger partial charge is 0.319 e. The molecule has 1 aromatic heterocycles. The second-order valence-corrected chi connectivity index (χ2v) is 7.74. The molecule has 2 atom stereocenters. The molecule has 3 aromatic rings. The molecule has 26 heavy (non-hydrogen) atoms. The minimum atomic E-state index is -0.405. The summed E-state index contributed by atoms with van der Waals surface area (Å²) in [5.41, 5.74) is 1.26. The molecule has 0 bridgehead atoms. The van der Waals surface area contributed by atoms with Crippen LogP contribution in [0.5, 0.6) is 0 Å². The molecule has 0 aliphatic carbocycles. The average Bonchev–Trinajstić information content (AvgIpc) is 3.08. The number of halogens is 1. The van der Waals surface area contributed by atoms with Crippen LogP contribution in [0.3, 0.4) is 0 Å². The number of quaternary nitrogens is 1. The van der Waals surface area contributed by atoms with E-state index in [9.17, 15) is 9.18 Å². The summed E-state index contributed by atoms with van der Waals surface area (Å²) in [7, 11) is 0. The Balaban J connectivity index is 1.50. The highest BCUT2D eigenvalue weighted by Crippen LogP contribution is 2.28. The van der Waals surface area contributed by atoms with Gasteiger partial charge in [-0.1, -0.05) is 24.3 Å². The van der Waals surface area contributed by atoms with Crippen molar-refractivity contribution in [1.29, 1.82) is 0 Å². The number of carbonyl (C=O) groups excluding carboxylic acids is 1. The Morgan fingerprint density at radius 1 is 1.19 bits per heavy atom. The van der Waals surface area contributed by atoms with Gasteiger partial charge >= 0.3 is 0 Å². The number of aromatic nitrogens is 1. The maximum absolute atomic E-state index is 13.8. The van der Waals surface area contributed by atoms with E-state index in [0.29, 0.717) is 6.54 Å². The summed E-state index contributed by atoms with van der Waals surface area (Å²) in [6.07, 6.45) is 3.28. The number of fused-ring (bicyclic) bond motifs is 1. The van der Waals surface area contributed by atoms with E-state index in [-0.39, 0.29) is 17.6 Å². The first kappa shape index (κ1) is 17.1. The van der Waals surface area contributed by atoms with Crippen LogP contribution in [0.15, 0.2) is 48.5 Å². The quantitative estimate of drug-likeness (QED) is 0.741. The lowest BCUT2D eigenvalue weighted by atomic mass is 10.0. The lowest BCUT2D eigenvalue weighted by Gasteiger charge is -2.30. The molecule has 1 aliphatic heterocycles. The number of rotatable bonds is 4. The van der Waals surface area contributed by atoms with Crippen molar-refractivity contribution < 1.29 is 14.1 Å². The van der Waals surface area contributed by atoms with Gasteiger partial charge in [0.15, 0.2) is 11.6 Å². The molecule has 1 saturated heterocycles. The van der Waals surface area contributed by atoms with Crippen LogP contribution in [-0.2, 0) is 4.79 Å². The lowest BCUT2D eigenvalue weighted by Crippen LogP contribution is -3.14. The molecule has 1 unspecified atom stereocenters. The lowest BCUT2D eigenvalue weighted by molar-refractivity contribution is -0.929. The molecule has 0 radical (unpaired) electrons. The molecule has 2 heterocycles. The van der Waals surface area contributed by atoms with Gasteiger partial charge in [0.1, 0.15) is 11.9 Å². The summed E-state index contributed by atoms with van der Waals surface area (Å²) in [6, 6.07) is 14.6. The van der Waals surface area contributed by atoms with Gasteiger partial charge in [-0.05, 0) is 37.1 Å². The monoisotopic (exact) mass is 370 g/mol. The fourth-order valence-electron chi connectivity index (χ4n) is 3.59. The van der Waals surface area contributed by atoms with E-state index in [4.69, 9.17) is 4.98 Å². The van der Waals surface area contributed by atoms with Crippen LogP contribution in [0.25, 0.3) is 10.2 Å². The fraction of sp³-hybridized carbons (Fsp3) is 0.300. The van der Waals surface area contributed by atoms with Crippen LogP contribution in [0.2, 0.25) is 0 Å². The maximum atomic E-state index is 13.8.